The van der Waals surface area contributed by atoms with E-state index in [0.29, 0.717) is 32.6 Å². The lowest BCUT2D eigenvalue weighted by Gasteiger charge is -2.14. The number of thioether (sulfide) groups is 1. The normalized spacial score (nSPS) is 17.4. The van der Waals surface area contributed by atoms with Crippen LogP contribution in [0.3, 0.4) is 0 Å². The van der Waals surface area contributed by atoms with Gasteiger partial charge in [-0.3, -0.25) is 9.69 Å². The Bertz CT molecular complexity index is 1340. The lowest BCUT2D eigenvalue weighted by atomic mass is 10.1. The number of anilines is 2. The Hall–Kier alpha value is -3.62. The van der Waals surface area contributed by atoms with Crippen molar-refractivity contribution in [1.29, 1.82) is 0 Å². The van der Waals surface area contributed by atoms with Crippen LogP contribution < -0.4 is 19.7 Å². The van der Waals surface area contributed by atoms with E-state index in [1.807, 2.05) is 24.3 Å². The summed E-state index contributed by atoms with van der Waals surface area (Å²) >= 11 is 7.94. The van der Waals surface area contributed by atoms with Crippen LogP contribution in [0, 0.1) is 0 Å². The highest BCUT2D eigenvalue weighted by Gasteiger charge is 2.42. The first-order valence-corrected chi connectivity index (χ1v) is 11.6. The van der Waals surface area contributed by atoms with Crippen molar-refractivity contribution in [3.8, 4) is 11.5 Å². The molecule has 172 valence electrons. The molecular formula is C25H19ClN2O5S. The number of methoxy groups -OCH3 is 1. The van der Waals surface area contributed by atoms with Crippen LogP contribution in [0.5, 0.6) is 11.5 Å². The predicted octanol–water partition coefficient (Wildman–Crippen LogP) is 5.46. The van der Waals surface area contributed by atoms with Gasteiger partial charge >= 0.3 is 5.97 Å². The third-order valence-electron chi connectivity index (χ3n) is 5.45. The lowest BCUT2D eigenvalue weighted by Crippen LogP contribution is -2.31. The highest BCUT2D eigenvalue weighted by molar-refractivity contribution is 8.05. The number of nitrogens with one attached hydrogen (secondary N) is 1. The topological polar surface area (TPSA) is 88.1 Å². The van der Waals surface area contributed by atoms with Crippen LogP contribution in [0.1, 0.15) is 21.5 Å². The molecule has 0 radical (unpaired) electrons. The number of para-hydroxylation sites is 2. The fraction of sp³-hybridized carbons (Fsp3) is 0.120. The molecule has 2 N–H and O–H groups in total. The molecular weight excluding hydrogens is 476 g/mol. The SMILES string of the molecule is COc1cc(/C=C2/SC3Nc4ccccc4N3C2=O)cc(Cl)c1OCc1cccc(C(=O)O)c1. The quantitative estimate of drug-likeness (QED) is 0.440. The second-order valence-electron chi connectivity index (χ2n) is 7.64. The van der Waals surface area contributed by atoms with Crippen molar-refractivity contribution in [3.63, 3.8) is 0 Å². The fourth-order valence-electron chi connectivity index (χ4n) is 3.88. The van der Waals surface area contributed by atoms with Gasteiger partial charge in [0.15, 0.2) is 17.0 Å². The summed E-state index contributed by atoms with van der Waals surface area (Å²) in [5.41, 5.74) is 3.18. The Balaban J connectivity index is 1.37. The molecule has 0 bridgehead atoms. The van der Waals surface area contributed by atoms with Gasteiger partial charge in [0.2, 0.25) is 0 Å². The Morgan fingerprint density at radius 3 is 2.82 bits per heavy atom. The number of aromatic carboxylic acids is 1. The van der Waals surface area contributed by atoms with Gasteiger partial charge in [-0.15, -0.1) is 0 Å². The summed E-state index contributed by atoms with van der Waals surface area (Å²) in [5.74, 6) is -0.337. The van der Waals surface area contributed by atoms with Gasteiger partial charge in [0.1, 0.15) is 6.61 Å². The number of carbonyl (C=O) groups excluding carboxylic acids is 1. The average molecular weight is 495 g/mol. The van der Waals surface area contributed by atoms with Gasteiger partial charge < -0.3 is 19.9 Å². The average Bonchev–Trinajstić information content (AvgIpc) is 3.34. The van der Waals surface area contributed by atoms with Gasteiger partial charge in [-0.1, -0.05) is 47.6 Å². The number of carbonyl (C=O) groups is 2. The lowest BCUT2D eigenvalue weighted by molar-refractivity contribution is -0.114. The maximum absolute atomic E-state index is 13.1. The van der Waals surface area contributed by atoms with Gasteiger partial charge in [0.25, 0.3) is 5.91 Å². The summed E-state index contributed by atoms with van der Waals surface area (Å²) in [6, 6.07) is 17.7. The smallest absolute Gasteiger partial charge is 0.335 e. The molecule has 9 heteroatoms. The molecule has 3 aromatic carbocycles. The van der Waals surface area contributed by atoms with E-state index < -0.39 is 5.97 Å². The minimum absolute atomic E-state index is 0.0822. The highest BCUT2D eigenvalue weighted by atomic mass is 35.5. The van der Waals surface area contributed by atoms with E-state index in [4.69, 9.17) is 26.2 Å². The van der Waals surface area contributed by atoms with Crippen LogP contribution in [0.15, 0.2) is 65.6 Å². The fourth-order valence-corrected chi connectivity index (χ4v) is 5.30. The van der Waals surface area contributed by atoms with Crippen LogP contribution in [0.2, 0.25) is 5.02 Å². The molecule has 3 aromatic rings. The van der Waals surface area contributed by atoms with Crippen LogP contribution >= 0.6 is 23.4 Å². The molecule has 0 aliphatic carbocycles. The Morgan fingerprint density at radius 1 is 1.21 bits per heavy atom. The first-order chi connectivity index (χ1) is 16.4. The number of ether oxygens (including phenoxy) is 2. The standard InChI is InChI=1S/C25H19ClN2O5S/c1-32-20-11-15(10-17(26)22(20)33-13-14-5-4-6-16(9-14)24(30)31)12-21-23(29)28-19-8-3-2-7-18(19)27-25(28)34-21/h2-12,25,27H,13H2,1H3,(H,30,31)/b21-12+. The van der Waals surface area contributed by atoms with Gasteiger partial charge in [-0.05, 0) is 53.6 Å². The summed E-state index contributed by atoms with van der Waals surface area (Å²) < 4.78 is 11.3. The van der Waals surface area contributed by atoms with Crippen molar-refractivity contribution in [1.82, 2.24) is 0 Å². The number of halogens is 1. The molecule has 1 fully saturated rings. The number of benzene rings is 3. The number of hydrogen-bond donors (Lipinski definition) is 2. The monoisotopic (exact) mass is 494 g/mol. The molecule has 0 aromatic heterocycles. The Labute approximate surface area is 204 Å². The molecule has 2 heterocycles. The van der Waals surface area contributed by atoms with Gasteiger partial charge in [-0.2, -0.15) is 0 Å². The molecule has 1 atom stereocenters. The molecule has 1 saturated heterocycles. The first-order valence-electron chi connectivity index (χ1n) is 10.3. The number of rotatable bonds is 6. The van der Waals surface area contributed by atoms with E-state index in [0.717, 1.165) is 11.4 Å². The molecule has 2 aliphatic heterocycles. The number of carboxylic acids is 1. The summed E-state index contributed by atoms with van der Waals surface area (Å²) in [6.45, 7) is 0.119. The van der Waals surface area contributed by atoms with Crippen LogP contribution in [-0.2, 0) is 11.4 Å². The molecule has 0 spiro atoms. The van der Waals surface area contributed by atoms with Crippen molar-refractivity contribution in [2.45, 2.75) is 12.1 Å². The Kier molecular flexibility index (Phi) is 5.85. The van der Waals surface area contributed by atoms with E-state index in [1.165, 1.54) is 24.9 Å². The summed E-state index contributed by atoms with van der Waals surface area (Å²) in [5, 5.41) is 12.8. The molecule has 1 amide bonds. The van der Waals surface area contributed by atoms with Crippen LogP contribution in [-0.4, -0.2) is 29.6 Å². The molecule has 5 rings (SSSR count). The maximum atomic E-state index is 13.1. The van der Waals surface area contributed by atoms with Crippen molar-refractivity contribution in [3.05, 3.63) is 87.3 Å². The zero-order chi connectivity index (χ0) is 23.8. The van der Waals surface area contributed by atoms with E-state index in [2.05, 4.69) is 5.32 Å². The van der Waals surface area contributed by atoms with Crippen molar-refractivity contribution < 1.29 is 24.2 Å². The van der Waals surface area contributed by atoms with Gasteiger partial charge in [-0.25, -0.2) is 4.79 Å². The number of amides is 1. The van der Waals surface area contributed by atoms with Gasteiger partial charge in [0, 0.05) is 0 Å². The van der Waals surface area contributed by atoms with Crippen molar-refractivity contribution >= 4 is 52.7 Å². The zero-order valence-corrected chi connectivity index (χ0v) is 19.5. The van der Waals surface area contributed by atoms with Crippen LogP contribution in [0.25, 0.3) is 6.08 Å². The minimum atomic E-state index is -1.01. The zero-order valence-electron chi connectivity index (χ0n) is 17.9. The van der Waals surface area contributed by atoms with Crippen molar-refractivity contribution in [2.75, 3.05) is 17.3 Å². The third-order valence-corrected chi connectivity index (χ3v) is 6.83. The molecule has 1 unspecified atom stereocenters. The minimum Gasteiger partial charge on any atom is -0.493 e. The number of hydrogen-bond acceptors (Lipinski definition) is 6. The second kappa shape index (κ2) is 8.96. The number of carboxylic acid groups (broad SMARTS) is 1. The van der Waals surface area contributed by atoms with Crippen molar-refractivity contribution in [2.24, 2.45) is 0 Å². The first kappa shape index (κ1) is 22.2. The number of fused-ring (bicyclic) bond motifs is 3. The molecule has 7 nitrogen and oxygen atoms in total. The van der Waals surface area contributed by atoms with Crippen LogP contribution in [0.4, 0.5) is 11.4 Å². The third kappa shape index (κ3) is 4.06. The Morgan fingerprint density at radius 2 is 2.03 bits per heavy atom. The van der Waals surface area contributed by atoms with E-state index in [-0.39, 0.29) is 23.6 Å². The number of nitrogens with zero attached hydrogens (tertiary/aromatic N) is 1. The van der Waals surface area contributed by atoms with E-state index in [1.54, 1.807) is 41.3 Å². The second-order valence-corrected chi connectivity index (χ2v) is 9.17. The molecule has 0 saturated carbocycles. The maximum Gasteiger partial charge on any atom is 0.335 e. The van der Waals surface area contributed by atoms with E-state index in [9.17, 15) is 9.59 Å². The largest absolute Gasteiger partial charge is 0.493 e. The molecule has 34 heavy (non-hydrogen) atoms. The predicted molar refractivity (Wildman–Crippen MR) is 133 cm³/mol. The summed E-state index contributed by atoms with van der Waals surface area (Å²) in [4.78, 5) is 26.6. The van der Waals surface area contributed by atoms with Gasteiger partial charge in [0.05, 0.1) is 34.0 Å². The summed E-state index contributed by atoms with van der Waals surface area (Å²) in [7, 11) is 1.51. The highest BCUT2D eigenvalue weighted by Crippen LogP contribution is 2.47. The molecule has 2 aliphatic rings. The summed E-state index contributed by atoms with van der Waals surface area (Å²) in [6.07, 6.45) is 1.78. The van der Waals surface area contributed by atoms with E-state index >= 15 is 0 Å².